The Kier molecular flexibility index (Phi) is 9.08. The van der Waals surface area contributed by atoms with Gasteiger partial charge in [0.1, 0.15) is 35.0 Å². The molecule has 3 N–H and O–H groups in total. The Labute approximate surface area is 255 Å². The number of methoxy groups -OCH3 is 1. The lowest BCUT2D eigenvalue weighted by atomic mass is 9.99. The van der Waals surface area contributed by atoms with Crippen LogP contribution in [0.3, 0.4) is 0 Å². The smallest absolute Gasteiger partial charge is 0.335 e. The summed E-state index contributed by atoms with van der Waals surface area (Å²) in [5, 5.41) is 13.0. The monoisotopic (exact) mass is 596 g/mol. The van der Waals surface area contributed by atoms with Gasteiger partial charge in [-0.3, -0.25) is 13.9 Å². The predicted molar refractivity (Wildman–Crippen MR) is 167 cm³/mol. The van der Waals surface area contributed by atoms with Crippen molar-refractivity contribution in [2.24, 2.45) is 0 Å². The molecular formula is C32H36N8O4. The molecule has 44 heavy (non-hydrogen) atoms. The van der Waals surface area contributed by atoms with Gasteiger partial charge in [0.15, 0.2) is 11.5 Å². The molecule has 1 saturated heterocycles. The number of nitrogen functional groups attached to an aromatic ring is 1. The van der Waals surface area contributed by atoms with Gasteiger partial charge in [-0.2, -0.15) is 5.26 Å². The van der Waals surface area contributed by atoms with Crippen molar-refractivity contribution < 1.29 is 14.3 Å². The molecule has 5 rings (SSSR count). The van der Waals surface area contributed by atoms with Crippen LogP contribution in [0.5, 0.6) is 11.5 Å². The standard InChI is InChI=1S/C32H36N8O4/c1-32(2,37-15-18-43-3)19-22(20-33)30(41)38-16-13-24(14-17-38)40-29-27(28(34)35-21-36-29)39(31(40)42)23-9-11-26(12-10-23)44-25-7-5-4-6-8-25/h4-12,19,21,24,37H,13-18H2,1-3H3,(H2,34,35,36). The quantitative estimate of drug-likeness (QED) is 0.159. The number of fused-ring (bicyclic) bond motifs is 1. The lowest BCUT2D eigenvalue weighted by molar-refractivity contribution is -0.128. The number of likely N-dealkylation sites (tertiary alicyclic amines) is 1. The number of hydrogen-bond acceptors (Lipinski definition) is 9. The Balaban J connectivity index is 1.37. The minimum atomic E-state index is -0.571. The highest BCUT2D eigenvalue weighted by molar-refractivity contribution is 5.97. The zero-order chi connectivity index (χ0) is 31.3. The number of rotatable bonds is 10. The number of nitrogens with two attached hydrogens (primary N) is 1. The second kappa shape index (κ2) is 13.1. The maximum absolute atomic E-state index is 14.0. The molecule has 4 aromatic rings. The van der Waals surface area contributed by atoms with Gasteiger partial charge in [0.2, 0.25) is 0 Å². The first-order valence-electron chi connectivity index (χ1n) is 14.5. The molecule has 3 heterocycles. The van der Waals surface area contributed by atoms with Gasteiger partial charge in [0.25, 0.3) is 5.91 Å². The van der Waals surface area contributed by atoms with Crippen LogP contribution in [0.15, 0.2) is 77.4 Å². The van der Waals surface area contributed by atoms with Crippen LogP contribution in [0.2, 0.25) is 0 Å². The lowest BCUT2D eigenvalue weighted by Gasteiger charge is -2.32. The molecule has 0 bridgehead atoms. The number of nitrogens with zero attached hydrogens (tertiary/aromatic N) is 6. The average Bonchev–Trinajstić information content (AvgIpc) is 3.33. The van der Waals surface area contributed by atoms with Crippen LogP contribution in [-0.2, 0) is 9.53 Å². The van der Waals surface area contributed by atoms with E-state index in [9.17, 15) is 14.9 Å². The van der Waals surface area contributed by atoms with Crippen molar-refractivity contribution in [2.75, 3.05) is 39.1 Å². The van der Waals surface area contributed by atoms with E-state index in [1.807, 2.05) is 44.2 Å². The van der Waals surface area contributed by atoms with Crippen LogP contribution in [0, 0.1) is 11.3 Å². The number of ether oxygens (including phenoxy) is 2. The molecule has 0 spiro atoms. The molecule has 0 radical (unpaired) electrons. The summed E-state index contributed by atoms with van der Waals surface area (Å²) in [6.45, 7) is 5.66. The minimum Gasteiger partial charge on any atom is -0.457 e. The number of para-hydroxylation sites is 1. The SMILES string of the molecule is COCCNC(C)(C)C=C(C#N)C(=O)N1CCC(n2c(=O)n(-c3ccc(Oc4ccccc4)cc3)c3c(N)ncnc32)CC1. The van der Waals surface area contributed by atoms with Crippen molar-refractivity contribution in [3.05, 3.63) is 83.1 Å². The number of anilines is 1. The molecule has 1 amide bonds. The third kappa shape index (κ3) is 6.49. The summed E-state index contributed by atoms with van der Waals surface area (Å²) >= 11 is 0. The van der Waals surface area contributed by atoms with E-state index < -0.39 is 5.54 Å². The third-order valence-electron chi connectivity index (χ3n) is 7.61. The minimum absolute atomic E-state index is 0.0762. The number of carbonyl (C=O) groups is 1. The molecule has 2 aromatic heterocycles. The fourth-order valence-electron chi connectivity index (χ4n) is 5.45. The van der Waals surface area contributed by atoms with Crippen molar-refractivity contribution in [2.45, 2.75) is 38.3 Å². The molecule has 12 heteroatoms. The van der Waals surface area contributed by atoms with E-state index in [4.69, 9.17) is 15.2 Å². The average molecular weight is 597 g/mol. The Morgan fingerprint density at radius 3 is 2.45 bits per heavy atom. The zero-order valence-corrected chi connectivity index (χ0v) is 25.1. The normalized spacial score (nSPS) is 14.5. The Hall–Kier alpha value is -4.99. The molecule has 0 aliphatic carbocycles. The second-order valence-electron chi connectivity index (χ2n) is 11.2. The van der Waals surface area contributed by atoms with Crippen LogP contribution in [-0.4, -0.2) is 68.8 Å². The van der Waals surface area contributed by atoms with Crippen molar-refractivity contribution in [1.82, 2.24) is 29.3 Å². The number of amides is 1. The number of nitriles is 1. The molecule has 0 unspecified atom stereocenters. The van der Waals surface area contributed by atoms with Crippen LogP contribution in [0.4, 0.5) is 5.82 Å². The van der Waals surface area contributed by atoms with Gasteiger partial charge in [-0.25, -0.2) is 14.8 Å². The summed E-state index contributed by atoms with van der Waals surface area (Å²) in [4.78, 5) is 37.5. The Morgan fingerprint density at radius 2 is 1.80 bits per heavy atom. The number of imidazole rings is 1. The van der Waals surface area contributed by atoms with Gasteiger partial charge in [0.05, 0.1) is 12.3 Å². The highest BCUT2D eigenvalue weighted by atomic mass is 16.5. The highest BCUT2D eigenvalue weighted by Gasteiger charge is 2.31. The first kappa shape index (κ1) is 30.5. The molecule has 12 nitrogen and oxygen atoms in total. The summed E-state index contributed by atoms with van der Waals surface area (Å²) in [7, 11) is 1.62. The predicted octanol–water partition coefficient (Wildman–Crippen LogP) is 3.58. The van der Waals surface area contributed by atoms with Gasteiger partial charge < -0.3 is 25.4 Å². The summed E-state index contributed by atoms with van der Waals surface area (Å²) in [5.41, 5.74) is 6.94. The lowest BCUT2D eigenvalue weighted by Crippen LogP contribution is -2.43. The van der Waals surface area contributed by atoms with E-state index >= 15 is 0 Å². The van der Waals surface area contributed by atoms with Gasteiger partial charge in [-0.1, -0.05) is 18.2 Å². The topological polar surface area (TPSA) is 153 Å². The maximum Gasteiger partial charge on any atom is 0.335 e. The number of benzene rings is 2. The van der Waals surface area contributed by atoms with Gasteiger partial charge in [-0.05, 0) is 69.2 Å². The highest BCUT2D eigenvalue weighted by Crippen LogP contribution is 2.29. The van der Waals surface area contributed by atoms with Gasteiger partial charge in [-0.15, -0.1) is 0 Å². The molecular weight excluding hydrogens is 560 g/mol. The van der Waals surface area contributed by atoms with Crippen LogP contribution >= 0.6 is 0 Å². The van der Waals surface area contributed by atoms with E-state index in [1.54, 1.807) is 46.9 Å². The molecule has 1 aliphatic heterocycles. The third-order valence-corrected chi connectivity index (χ3v) is 7.61. The van der Waals surface area contributed by atoms with E-state index in [0.717, 1.165) is 0 Å². The molecule has 2 aromatic carbocycles. The summed E-state index contributed by atoms with van der Waals surface area (Å²) < 4.78 is 14.2. The fraction of sp³-hybridized carbons (Fsp3) is 0.344. The van der Waals surface area contributed by atoms with Crippen molar-refractivity contribution >= 4 is 22.9 Å². The fourth-order valence-corrected chi connectivity index (χ4v) is 5.45. The first-order valence-corrected chi connectivity index (χ1v) is 14.5. The number of carbonyl (C=O) groups excluding carboxylic acids is 1. The van der Waals surface area contributed by atoms with Gasteiger partial charge in [0, 0.05) is 38.3 Å². The molecule has 1 fully saturated rings. The number of nitrogens with one attached hydrogen (secondary N) is 1. The number of aromatic nitrogens is 4. The molecule has 1 aliphatic rings. The summed E-state index contributed by atoms with van der Waals surface area (Å²) in [6, 6.07) is 18.4. The molecule has 228 valence electrons. The van der Waals surface area contributed by atoms with Crippen molar-refractivity contribution in [3.63, 3.8) is 0 Å². The largest absolute Gasteiger partial charge is 0.457 e. The Bertz CT molecular complexity index is 1750. The van der Waals surface area contributed by atoms with E-state index in [2.05, 4.69) is 21.4 Å². The van der Waals surface area contributed by atoms with E-state index in [-0.39, 0.29) is 29.0 Å². The molecule has 0 atom stereocenters. The van der Waals surface area contributed by atoms with Crippen molar-refractivity contribution in [3.8, 4) is 23.3 Å². The van der Waals surface area contributed by atoms with Crippen LogP contribution in [0.25, 0.3) is 16.9 Å². The first-order chi connectivity index (χ1) is 21.2. The second-order valence-corrected chi connectivity index (χ2v) is 11.2. The molecule has 0 saturated carbocycles. The number of piperidine rings is 1. The van der Waals surface area contributed by atoms with Crippen LogP contribution in [0.1, 0.15) is 32.7 Å². The van der Waals surface area contributed by atoms with E-state index in [1.165, 1.54) is 10.9 Å². The number of hydrogen-bond donors (Lipinski definition) is 2. The van der Waals surface area contributed by atoms with Crippen molar-refractivity contribution in [1.29, 1.82) is 5.26 Å². The zero-order valence-electron chi connectivity index (χ0n) is 25.1. The summed E-state index contributed by atoms with van der Waals surface area (Å²) in [6.07, 6.45) is 4.02. The van der Waals surface area contributed by atoms with E-state index in [0.29, 0.717) is 67.4 Å². The Morgan fingerprint density at radius 1 is 1.11 bits per heavy atom. The maximum atomic E-state index is 14.0. The van der Waals surface area contributed by atoms with Crippen LogP contribution < -0.4 is 21.5 Å². The summed E-state index contributed by atoms with van der Waals surface area (Å²) in [5.74, 6) is 1.19. The van der Waals surface area contributed by atoms with Gasteiger partial charge >= 0.3 is 5.69 Å².